The molecule has 0 spiro atoms. The van der Waals surface area contributed by atoms with Gasteiger partial charge in [-0.15, -0.1) is 0 Å². The molecule has 94 valence electrons. The van der Waals surface area contributed by atoms with Crippen LogP contribution in [0.2, 0.25) is 0 Å². The number of fused-ring (bicyclic) bond motifs is 1. The Morgan fingerprint density at radius 3 is 3.06 bits per heavy atom. The maximum absolute atomic E-state index is 11.1. The number of aliphatic carboxylic acids is 1. The minimum atomic E-state index is -0.730. The molecule has 0 aliphatic heterocycles. The number of hydrogen-bond acceptors (Lipinski definition) is 4. The monoisotopic (exact) mass is 246 g/mol. The molecule has 2 aromatic rings. The van der Waals surface area contributed by atoms with E-state index < -0.39 is 11.4 Å². The van der Waals surface area contributed by atoms with Crippen LogP contribution in [0, 0.1) is 12.3 Å². The molecule has 0 aromatic carbocycles. The second-order valence-electron chi connectivity index (χ2n) is 4.83. The summed E-state index contributed by atoms with van der Waals surface area (Å²) >= 11 is 0. The predicted molar refractivity (Wildman–Crippen MR) is 65.5 cm³/mol. The Hall–Kier alpha value is -2.11. The lowest BCUT2D eigenvalue weighted by Gasteiger charge is -2.12. The quantitative estimate of drug-likeness (QED) is 0.850. The van der Waals surface area contributed by atoms with Crippen molar-refractivity contribution in [2.45, 2.75) is 19.8 Å². The first-order chi connectivity index (χ1) is 8.61. The second kappa shape index (κ2) is 3.69. The predicted octanol–water partition coefficient (Wildman–Crippen LogP) is 1.31. The number of hydrogen-bond donors (Lipinski definition) is 2. The molecule has 3 rings (SSSR count). The number of carboxylic acids is 1. The van der Waals surface area contributed by atoms with E-state index in [4.69, 9.17) is 5.11 Å². The Morgan fingerprint density at radius 1 is 1.61 bits per heavy atom. The van der Waals surface area contributed by atoms with Crippen LogP contribution >= 0.6 is 0 Å². The van der Waals surface area contributed by atoms with E-state index in [1.807, 2.05) is 13.0 Å². The molecule has 1 saturated carbocycles. The molecule has 0 amide bonds. The highest BCUT2D eigenvalue weighted by atomic mass is 16.4. The highest BCUT2D eigenvalue weighted by molar-refractivity contribution is 5.79. The highest BCUT2D eigenvalue weighted by Gasteiger charge is 2.50. The normalized spacial score (nSPS) is 16.7. The lowest BCUT2D eigenvalue weighted by molar-refractivity contribution is -0.142. The molecule has 1 aliphatic rings. The molecule has 0 radical (unpaired) electrons. The van der Waals surface area contributed by atoms with Crippen LogP contribution in [0.3, 0.4) is 0 Å². The summed E-state index contributed by atoms with van der Waals surface area (Å²) in [6.45, 7) is 2.33. The topological polar surface area (TPSA) is 79.5 Å². The van der Waals surface area contributed by atoms with Crippen molar-refractivity contribution in [3.63, 3.8) is 0 Å². The van der Waals surface area contributed by atoms with E-state index in [0.29, 0.717) is 12.4 Å². The summed E-state index contributed by atoms with van der Waals surface area (Å²) in [5, 5.41) is 16.5. The van der Waals surface area contributed by atoms with Gasteiger partial charge in [-0.1, -0.05) is 0 Å². The van der Waals surface area contributed by atoms with Crippen LogP contribution in [-0.2, 0) is 4.79 Å². The molecule has 18 heavy (non-hydrogen) atoms. The van der Waals surface area contributed by atoms with Gasteiger partial charge in [0.1, 0.15) is 5.52 Å². The van der Waals surface area contributed by atoms with Gasteiger partial charge in [-0.3, -0.25) is 4.79 Å². The Kier molecular flexibility index (Phi) is 2.26. The SMILES string of the molecule is Cc1cc2c(NCC3(C(=O)O)CC3)nccn2n1. The molecule has 2 aromatic heterocycles. The first-order valence-electron chi connectivity index (χ1n) is 5.89. The maximum atomic E-state index is 11.1. The number of nitrogens with one attached hydrogen (secondary N) is 1. The van der Waals surface area contributed by atoms with Crippen molar-refractivity contribution in [3.05, 3.63) is 24.2 Å². The molecule has 1 aliphatic carbocycles. The fourth-order valence-corrected chi connectivity index (χ4v) is 2.05. The number of nitrogens with zero attached hydrogens (tertiary/aromatic N) is 3. The molecular formula is C12H14N4O2. The van der Waals surface area contributed by atoms with Gasteiger partial charge in [0.2, 0.25) is 0 Å². The van der Waals surface area contributed by atoms with Crippen LogP contribution in [0.5, 0.6) is 0 Å². The van der Waals surface area contributed by atoms with Crippen molar-refractivity contribution in [1.82, 2.24) is 14.6 Å². The van der Waals surface area contributed by atoms with Crippen LogP contribution in [0.25, 0.3) is 5.52 Å². The smallest absolute Gasteiger partial charge is 0.311 e. The molecule has 6 nitrogen and oxygen atoms in total. The summed E-state index contributed by atoms with van der Waals surface area (Å²) in [6, 6.07) is 1.93. The zero-order chi connectivity index (χ0) is 12.8. The van der Waals surface area contributed by atoms with E-state index in [-0.39, 0.29) is 0 Å². The average molecular weight is 246 g/mol. The fraction of sp³-hybridized carbons (Fsp3) is 0.417. The number of aromatic nitrogens is 3. The first kappa shape index (κ1) is 11.0. The van der Waals surface area contributed by atoms with Gasteiger partial charge in [-0.25, -0.2) is 9.50 Å². The van der Waals surface area contributed by atoms with Crippen LogP contribution in [-0.4, -0.2) is 32.2 Å². The van der Waals surface area contributed by atoms with Gasteiger partial charge in [0, 0.05) is 18.9 Å². The van der Waals surface area contributed by atoms with Gasteiger partial charge in [0.25, 0.3) is 0 Å². The third kappa shape index (κ3) is 1.70. The minimum Gasteiger partial charge on any atom is -0.481 e. The van der Waals surface area contributed by atoms with Crippen molar-refractivity contribution >= 4 is 17.3 Å². The summed E-state index contributed by atoms with van der Waals surface area (Å²) in [6.07, 6.45) is 4.90. The van der Waals surface area contributed by atoms with Crippen molar-refractivity contribution in [1.29, 1.82) is 0 Å². The Balaban J connectivity index is 1.85. The van der Waals surface area contributed by atoms with Gasteiger partial charge in [0.05, 0.1) is 11.1 Å². The summed E-state index contributed by atoms with van der Waals surface area (Å²) in [5.74, 6) is -0.0442. The third-order valence-electron chi connectivity index (χ3n) is 3.41. The van der Waals surface area contributed by atoms with Crippen molar-refractivity contribution in [2.24, 2.45) is 5.41 Å². The molecule has 0 unspecified atom stereocenters. The zero-order valence-electron chi connectivity index (χ0n) is 10.1. The summed E-state index contributed by atoms with van der Waals surface area (Å²) in [4.78, 5) is 15.3. The fourth-order valence-electron chi connectivity index (χ4n) is 2.05. The largest absolute Gasteiger partial charge is 0.481 e. The van der Waals surface area contributed by atoms with Crippen LogP contribution < -0.4 is 5.32 Å². The van der Waals surface area contributed by atoms with E-state index in [9.17, 15) is 4.79 Å². The molecule has 2 heterocycles. The van der Waals surface area contributed by atoms with E-state index in [0.717, 1.165) is 24.1 Å². The Labute approximate surface area is 104 Å². The number of carbonyl (C=O) groups is 1. The van der Waals surface area contributed by atoms with Gasteiger partial charge in [-0.05, 0) is 25.8 Å². The minimum absolute atomic E-state index is 0.416. The van der Waals surface area contributed by atoms with Gasteiger partial charge >= 0.3 is 5.97 Å². The lowest BCUT2D eigenvalue weighted by Crippen LogP contribution is -2.24. The standard InChI is InChI=1S/C12H14N4O2/c1-8-6-9-10(13-4-5-16(9)15-8)14-7-12(2-3-12)11(17)18/h4-6H,2-3,7H2,1H3,(H,13,14)(H,17,18). The molecule has 1 fully saturated rings. The molecule has 6 heteroatoms. The zero-order valence-corrected chi connectivity index (χ0v) is 10.1. The van der Waals surface area contributed by atoms with E-state index in [1.165, 1.54) is 0 Å². The van der Waals surface area contributed by atoms with Gasteiger partial charge in [0.15, 0.2) is 5.82 Å². The lowest BCUT2D eigenvalue weighted by atomic mass is 10.1. The van der Waals surface area contributed by atoms with E-state index >= 15 is 0 Å². The van der Waals surface area contributed by atoms with Crippen molar-refractivity contribution in [3.8, 4) is 0 Å². The molecule has 0 bridgehead atoms. The summed E-state index contributed by atoms with van der Waals surface area (Å²) in [7, 11) is 0. The van der Waals surface area contributed by atoms with Crippen LogP contribution in [0.1, 0.15) is 18.5 Å². The Bertz CT molecular complexity index is 616. The van der Waals surface area contributed by atoms with Gasteiger partial charge in [-0.2, -0.15) is 5.10 Å². The first-order valence-corrected chi connectivity index (χ1v) is 5.89. The number of aryl methyl sites for hydroxylation is 1. The summed E-state index contributed by atoms with van der Waals surface area (Å²) in [5.41, 5.74) is 1.19. The molecule has 0 saturated heterocycles. The average Bonchev–Trinajstić information content (AvgIpc) is 3.02. The van der Waals surface area contributed by atoms with Crippen LogP contribution in [0.4, 0.5) is 5.82 Å². The summed E-state index contributed by atoms with van der Waals surface area (Å²) < 4.78 is 1.74. The molecular weight excluding hydrogens is 232 g/mol. The van der Waals surface area contributed by atoms with E-state index in [1.54, 1.807) is 16.9 Å². The third-order valence-corrected chi connectivity index (χ3v) is 3.41. The number of rotatable bonds is 4. The maximum Gasteiger partial charge on any atom is 0.311 e. The highest BCUT2D eigenvalue weighted by Crippen LogP contribution is 2.45. The number of anilines is 1. The number of carboxylic acid groups (broad SMARTS) is 1. The Morgan fingerprint density at radius 2 is 2.39 bits per heavy atom. The van der Waals surface area contributed by atoms with Gasteiger partial charge < -0.3 is 10.4 Å². The van der Waals surface area contributed by atoms with Crippen molar-refractivity contribution < 1.29 is 9.90 Å². The molecule has 2 N–H and O–H groups in total. The van der Waals surface area contributed by atoms with E-state index in [2.05, 4.69) is 15.4 Å². The second-order valence-corrected chi connectivity index (χ2v) is 4.83. The van der Waals surface area contributed by atoms with Crippen LogP contribution in [0.15, 0.2) is 18.5 Å². The molecule has 0 atom stereocenters. The van der Waals surface area contributed by atoms with Crippen molar-refractivity contribution in [2.75, 3.05) is 11.9 Å².